The molecule has 1 aromatic rings. The van der Waals surface area contributed by atoms with Gasteiger partial charge in [-0.15, -0.1) is 0 Å². The lowest BCUT2D eigenvalue weighted by Crippen LogP contribution is -2.45. The van der Waals surface area contributed by atoms with Crippen LogP contribution in [0, 0.1) is 3.57 Å². The molecule has 2 N–H and O–H groups in total. The monoisotopic (exact) mass is 465 g/mol. The van der Waals surface area contributed by atoms with Crippen molar-refractivity contribution in [2.45, 2.75) is 0 Å². The van der Waals surface area contributed by atoms with Crippen molar-refractivity contribution < 1.29 is 18.0 Å². The van der Waals surface area contributed by atoms with E-state index in [9.17, 15) is 18.0 Å². The Balaban J connectivity index is 1.65. The molecule has 132 valence electrons. The summed E-state index contributed by atoms with van der Waals surface area (Å²) in [5, 5.41) is 5.32. The van der Waals surface area contributed by atoms with Crippen molar-refractivity contribution in [1.29, 1.82) is 0 Å². The number of carbonyl (C=O) groups is 2. The first-order valence-electron chi connectivity index (χ1n) is 7.59. The summed E-state index contributed by atoms with van der Waals surface area (Å²) in [6.07, 6.45) is 0. The van der Waals surface area contributed by atoms with Gasteiger partial charge in [0.25, 0.3) is 5.91 Å². The van der Waals surface area contributed by atoms with Crippen LogP contribution in [0.3, 0.4) is 0 Å². The number of rotatable bonds is 6. The van der Waals surface area contributed by atoms with Gasteiger partial charge in [-0.2, -0.15) is 0 Å². The Morgan fingerprint density at radius 3 is 2.46 bits per heavy atom. The van der Waals surface area contributed by atoms with Crippen LogP contribution in [-0.4, -0.2) is 69.4 Å². The lowest BCUT2D eigenvalue weighted by molar-refractivity contribution is -0.120. The number of halogens is 1. The highest BCUT2D eigenvalue weighted by Crippen LogP contribution is 2.10. The van der Waals surface area contributed by atoms with E-state index in [1.54, 1.807) is 12.1 Å². The smallest absolute Gasteiger partial charge is 0.252 e. The van der Waals surface area contributed by atoms with E-state index in [2.05, 4.69) is 33.2 Å². The van der Waals surface area contributed by atoms with E-state index in [1.807, 2.05) is 17.0 Å². The van der Waals surface area contributed by atoms with Gasteiger partial charge in [-0.1, -0.05) is 12.1 Å². The molecule has 0 bridgehead atoms. The number of benzene rings is 1. The molecule has 0 radical (unpaired) electrons. The van der Waals surface area contributed by atoms with Gasteiger partial charge in [0, 0.05) is 29.7 Å². The molecule has 0 atom stereocenters. The predicted octanol–water partition coefficient (Wildman–Crippen LogP) is -0.132. The van der Waals surface area contributed by atoms with Gasteiger partial charge >= 0.3 is 0 Å². The first-order valence-corrected chi connectivity index (χ1v) is 10.5. The lowest BCUT2D eigenvalue weighted by Gasteiger charge is -2.26. The van der Waals surface area contributed by atoms with Crippen LogP contribution in [0.4, 0.5) is 0 Å². The number of nitrogens with one attached hydrogen (secondary N) is 2. The maximum Gasteiger partial charge on any atom is 0.252 e. The molecule has 0 aliphatic carbocycles. The Kier molecular flexibility index (Phi) is 6.99. The lowest BCUT2D eigenvalue weighted by atomic mass is 10.2. The zero-order valence-electron chi connectivity index (χ0n) is 13.1. The summed E-state index contributed by atoms with van der Waals surface area (Å²) in [4.78, 5) is 25.8. The number of hydrogen-bond acceptors (Lipinski definition) is 5. The van der Waals surface area contributed by atoms with Crippen LogP contribution in [-0.2, 0) is 14.6 Å². The summed E-state index contributed by atoms with van der Waals surface area (Å²) in [7, 11) is -2.88. The van der Waals surface area contributed by atoms with Crippen molar-refractivity contribution in [2.75, 3.05) is 44.2 Å². The molecule has 0 spiro atoms. The number of hydrogen-bond donors (Lipinski definition) is 2. The molecule has 7 nitrogen and oxygen atoms in total. The standard InChI is InChI=1S/C15H20IN3O4S/c16-13-4-2-1-3-12(13)15(21)18-11-14(20)17-5-6-19-7-9-24(22,23)10-8-19/h1-4H,5-11H2,(H,17,20)(H,18,21). The average molecular weight is 465 g/mol. The summed E-state index contributed by atoms with van der Waals surface area (Å²) in [6, 6.07) is 7.15. The summed E-state index contributed by atoms with van der Waals surface area (Å²) >= 11 is 2.07. The van der Waals surface area contributed by atoms with Crippen LogP contribution in [0.2, 0.25) is 0 Å². The molecular formula is C15H20IN3O4S. The van der Waals surface area contributed by atoms with Crippen LogP contribution in [0.1, 0.15) is 10.4 Å². The zero-order valence-corrected chi connectivity index (χ0v) is 16.1. The van der Waals surface area contributed by atoms with Crippen LogP contribution >= 0.6 is 22.6 Å². The van der Waals surface area contributed by atoms with Gasteiger partial charge in [-0.3, -0.25) is 14.5 Å². The van der Waals surface area contributed by atoms with E-state index < -0.39 is 9.84 Å². The second kappa shape index (κ2) is 8.77. The van der Waals surface area contributed by atoms with E-state index in [-0.39, 0.29) is 29.9 Å². The molecule has 1 aromatic carbocycles. The molecule has 1 aliphatic heterocycles. The number of sulfone groups is 1. The van der Waals surface area contributed by atoms with Crippen molar-refractivity contribution in [3.8, 4) is 0 Å². The Morgan fingerprint density at radius 1 is 1.12 bits per heavy atom. The second-order valence-corrected chi connectivity index (χ2v) is 8.97. The summed E-state index contributed by atoms with van der Waals surface area (Å²) < 4.78 is 23.5. The largest absolute Gasteiger partial charge is 0.353 e. The Labute approximate surface area is 155 Å². The molecule has 1 heterocycles. The highest BCUT2D eigenvalue weighted by atomic mass is 127. The Bertz CT molecular complexity index is 694. The van der Waals surface area contributed by atoms with Crippen molar-refractivity contribution in [1.82, 2.24) is 15.5 Å². The Hall–Kier alpha value is -1.20. The average Bonchev–Trinajstić information content (AvgIpc) is 2.54. The summed E-state index contributed by atoms with van der Waals surface area (Å²) in [6.45, 7) is 1.95. The minimum atomic E-state index is -2.88. The Morgan fingerprint density at radius 2 is 1.79 bits per heavy atom. The van der Waals surface area contributed by atoms with E-state index in [4.69, 9.17) is 0 Å². The SMILES string of the molecule is O=C(CNC(=O)c1ccccc1I)NCCN1CCS(=O)(=O)CC1. The first-order chi connectivity index (χ1) is 11.4. The summed E-state index contributed by atoms with van der Waals surface area (Å²) in [5.74, 6) is -0.199. The van der Waals surface area contributed by atoms with Crippen molar-refractivity contribution in [3.63, 3.8) is 0 Å². The van der Waals surface area contributed by atoms with Gasteiger partial charge in [0.05, 0.1) is 23.6 Å². The van der Waals surface area contributed by atoms with Gasteiger partial charge in [-0.05, 0) is 34.7 Å². The summed E-state index contributed by atoms with van der Waals surface area (Å²) in [5.41, 5.74) is 0.542. The van der Waals surface area contributed by atoms with Crippen molar-refractivity contribution in [3.05, 3.63) is 33.4 Å². The number of amides is 2. The third-order valence-corrected chi connectivity index (χ3v) is 6.27. The molecule has 2 rings (SSSR count). The van der Waals surface area contributed by atoms with E-state index in [0.717, 1.165) is 3.57 Å². The van der Waals surface area contributed by atoms with Gasteiger partial charge < -0.3 is 10.6 Å². The zero-order chi connectivity index (χ0) is 17.6. The van der Waals surface area contributed by atoms with Gasteiger partial charge in [0.2, 0.25) is 5.91 Å². The fraction of sp³-hybridized carbons (Fsp3) is 0.467. The molecule has 1 saturated heterocycles. The van der Waals surface area contributed by atoms with Crippen LogP contribution in [0.25, 0.3) is 0 Å². The second-order valence-electron chi connectivity index (χ2n) is 5.51. The highest BCUT2D eigenvalue weighted by Gasteiger charge is 2.21. The van der Waals surface area contributed by atoms with Gasteiger partial charge in [-0.25, -0.2) is 8.42 Å². The molecular weight excluding hydrogens is 445 g/mol. The van der Waals surface area contributed by atoms with Crippen LogP contribution < -0.4 is 10.6 Å². The maximum atomic E-state index is 12.0. The maximum absolute atomic E-state index is 12.0. The van der Waals surface area contributed by atoms with Crippen molar-refractivity contribution >= 4 is 44.2 Å². The first kappa shape index (κ1) is 19.1. The van der Waals surface area contributed by atoms with Crippen LogP contribution in [0.15, 0.2) is 24.3 Å². The molecule has 1 fully saturated rings. The third kappa shape index (κ3) is 6.02. The van der Waals surface area contributed by atoms with E-state index >= 15 is 0 Å². The normalized spacial score (nSPS) is 17.2. The quantitative estimate of drug-likeness (QED) is 0.571. The van der Waals surface area contributed by atoms with Crippen molar-refractivity contribution in [2.24, 2.45) is 0 Å². The van der Waals surface area contributed by atoms with Gasteiger partial charge in [0.15, 0.2) is 9.84 Å². The molecule has 9 heteroatoms. The predicted molar refractivity (Wildman–Crippen MR) is 99.6 cm³/mol. The fourth-order valence-electron chi connectivity index (χ4n) is 2.29. The third-order valence-electron chi connectivity index (χ3n) is 3.72. The molecule has 0 saturated carbocycles. The minimum absolute atomic E-state index is 0.0851. The fourth-order valence-corrected chi connectivity index (χ4v) is 4.20. The molecule has 0 aromatic heterocycles. The number of nitrogens with zero attached hydrogens (tertiary/aromatic N) is 1. The van der Waals surface area contributed by atoms with E-state index in [1.165, 1.54) is 0 Å². The molecule has 0 unspecified atom stereocenters. The minimum Gasteiger partial charge on any atom is -0.353 e. The van der Waals surface area contributed by atoms with E-state index in [0.29, 0.717) is 31.7 Å². The molecule has 2 amide bonds. The highest BCUT2D eigenvalue weighted by molar-refractivity contribution is 14.1. The number of carbonyl (C=O) groups excluding carboxylic acids is 2. The molecule has 1 aliphatic rings. The molecule has 24 heavy (non-hydrogen) atoms. The van der Waals surface area contributed by atoms with Gasteiger partial charge in [0.1, 0.15) is 0 Å². The topological polar surface area (TPSA) is 95.6 Å². The van der Waals surface area contributed by atoms with Crippen LogP contribution in [0.5, 0.6) is 0 Å².